The van der Waals surface area contributed by atoms with Crippen LogP contribution in [0.25, 0.3) is 10.9 Å². The average molecular weight is 251 g/mol. The molecule has 1 saturated heterocycles. The Labute approximate surface area is 103 Å². The fraction of sp³-hybridized carbons (Fsp3) is 0.417. The van der Waals surface area contributed by atoms with Crippen LogP contribution in [0.15, 0.2) is 18.2 Å². The van der Waals surface area contributed by atoms with Gasteiger partial charge in [-0.3, -0.25) is 0 Å². The van der Waals surface area contributed by atoms with E-state index in [1.165, 1.54) is 17.6 Å². The van der Waals surface area contributed by atoms with Crippen LogP contribution in [0.3, 0.4) is 0 Å². The molecule has 1 aromatic carbocycles. The molecule has 0 unspecified atom stereocenters. The fourth-order valence-electron chi connectivity index (χ4n) is 2.23. The van der Waals surface area contributed by atoms with E-state index >= 15 is 0 Å². The van der Waals surface area contributed by atoms with E-state index in [2.05, 4.69) is 9.27 Å². The molecule has 3 nitrogen and oxygen atoms in total. The average Bonchev–Trinajstić information content (AvgIpc) is 2.73. The standard InChI is InChI=1S/C12H14FN3S/c13-8-1-2-11-10(7-8)12(17-15-11)16-5-3-9(14)4-6-16/h1-2,7,9H,3-6,14H2. The lowest BCUT2D eigenvalue weighted by molar-refractivity contribution is 0.503. The van der Waals surface area contributed by atoms with Crippen LogP contribution in [0.4, 0.5) is 9.39 Å². The molecular formula is C12H14FN3S. The second-order valence-electron chi connectivity index (χ2n) is 4.47. The number of hydrogen-bond acceptors (Lipinski definition) is 4. The molecule has 0 bridgehead atoms. The van der Waals surface area contributed by atoms with Crippen LogP contribution in [-0.4, -0.2) is 23.5 Å². The van der Waals surface area contributed by atoms with Crippen molar-refractivity contribution < 1.29 is 4.39 Å². The van der Waals surface area contributed by atoms with Gasteiger partial charge in [-0.15, -0.1) is 0 Å². The lowest BCUT2D eigenvalue weighted by Crippen LogP contribution is -2.39. The van der Waals surface area contributed by atoms with Gasteiger partial charge in [0, 0.05) is 24.5 Å². The largest absolute Gasteiger partial charge is 0.362 e. The normalized spacial score (nSPS) is 17.9. The Balaban J connectivity index is 1.97. The first-order valence-electron chi connectivity index (χ1n) is 5.79. The Bertz CT molecular complexity index is 532. The first kappa shape index (κ1) is 10.9. The highest BCUT2D eigenvalue weighted by Gasteiger charge is 2.20. The number of anilines is 1. The van der Waals surface area contributed by atoms with E-state index in [-0.39, 0.29) is 5.82 Å². The van der Waals surface area contributed by atoms with Gasteiger partial charge in [-0.25, -0.2) is 4.39 Å². The van der Waals surface area contributed by atoms with Crippen molar-refractivity contribution in [2.75, 3.05) is 18.0 Å². The summed E-state index contributed by atoms with van der Waals surface area (Å²) >= 11 is 1.45. The van der Waals surface area contributed by atoms with Crippen molar-refractivity contribution in [2.45, 2.75) is 18.9 Å². The molecule has 1 aromatic heterocycles. The second-order valence-corrected chi connectivity index (χ2v) is 5.23. The topological polar surface area (TPSA) is 42.1 Å². The maximum Gasteiger partial charge on any atom is 0.124 e. The third kappa shape index (κ3) is 2.00. The van der Waals surface area contributed by atoms with Gasteiger partial charge in [-0.2, -0.15) is 4.37 Å². The number of halogens is 1. The minimum Gasteiger partial charge on any atom is -0.362 e. The Morgan fingerprint density at radius 2 is 2.12 bits per heavy atom. The van der Waals surface area contributed by atoms with E-state index in [0.717, 1.165) is 41.8 Å². The maximum absolute atomic E-state index is 13.3. The molecule has 17 heavy (non-hydrogen) atoms. The van der Waals surface area contributed by atoms with Gasteiger partial charge in [-0.1, -0.05) is 0 Å². The molecular weight excluding hydrogens is 237 g/mol. The molecule has 1 aliphatic heterocycles. The summed E-state index contributed by atoms with van der Waals surface area (Å²) in [7, 11) is 0. The highest BCUT2D eigenvalue weighted by atomic mass is 32.1. The summed E-state index contributed by atoms with van der Waals surface area (Å²) in [6, 6.07) is 5.07. The number of piperidine rings is 1. The smallest absolute Gasteiger partial charge is 0.124 e. The fourth-order valence-corrected chi connectivity index (χ4v) is 3.14. The van der Waals surface area contributed by atoms with Gasteiger partial charge in [0.25, 0.3) is 0 Å². The molecule has 3 rings (SSSR count). The molecule has 0 radical (unpaired) electrons. The van der Waals surface area contributed by atoms with Crippen molar-refractivity contribution in [2.24, 2.45) is 5.73 Å². The Morgan fingerprint density at radius 1 is 1.35 bits per heavy atom. The number of aromatic nitrogens is 1. The SMILES string of the molecule is NC1CCN(c2snc3ccc(F)cc23)CC1. The van der Waals surface area contributed by atoms with Gasteiger partial charge in [0.1, 0.15) is 10.8 Å². The summed E-state index contributed by atoms with van der Waals surface area (Å²) < 4.78 is 17.6. The minimum absolute atomic E-state index is 0.201. The third-order valence-electron chi connectivity index (χ3n) is 3.25. The van der Waals surface area contributed by atoms with Crippen molar-refractivity contribution in [1.29, 1.82) is 0 Å². The maximum atomic E-state index is 13.3. The molecule has 0 aliphatic carbocycles. The lowest BCUT2D eigenvalue weighted by Gasteiger charge is -2.30. The Kier molecular flexibility index (Phi) is 2.72. The number of nitrogens with two attached hydrogens (primary N) is 1. The van der Waals surface area contributed by atoms with E-state index in [9.17, 15) is 4.39 Å². The minimum atomic E-state index is -0.201. The first-order valence-corrected chi connectivity index (χ1v) is 6.57. The summed E-state index contributed by atoms with van der Waals surface area (Å²) in [6.45, 7) is 1.88. The molecule has 0 spiro atoms. The monoisotopic (exact) mass is 251 g/mol. The quantitative estimate of drug-likeness (QED) is 0.846. The Morgan fingerprint density at radius 3 is 2.88 bits per heavy atom. The summed E-state index contributed by atoms with van der Waals surface area (Å²) in [5.74, 6) is -0.201. The molecule has 90 valence electrons. The van der Waals surface area contributed by atoms with Gasteiger partial charge >= 0.3 is 0 Å². The molecule has 2 aromatic rings. The van der Waals surface area contributed by atoms with Crippen LogP contribution in [0.2, 0.25) is 0 Å². The number of hydrogen-bond donors (Lipinski definition) is 1. The van der Waals surface area contributed by atoms with Crippen LogP contribution in [0, 0.1) is 5.82 Å². The molecule has 0 saturated carbocycles. The molecule has 0 amide bonds. The van der Waals surface area contributed by atoms with Gasteiger partial charge in [0.05, 0.1) is 5.52 Å². The molecule has 2 N–H and O–H groups in total. The highest BCUT2D eigenvalue weighted by Crippen LogP contribution is 2.33. The van der Waals surface area contributed by atoms with Crippen LogP contribution in [0.1, 0.15) is 12.8 Å². The molecule has 2 heterocycles. The van der Waals surface area contributed by atoms with Gasteiger partial charge in [-0.05, 0) is 42.6 Å². The van der Waals surface area contributed by atoms with Crippen molar-refractivity contribution >= 4 is 27.4 Å². The number of rotatable bonds is 1. The summed E-state index contributed by atoms with van der Waals surface area (Å²) in [5.41, 5.74) is 6.76. The van der Waals surface area contributed by atoms with Crippen LogP contribution in [-0.2, 0) is 0 Å². The van der Waals surface area contributed by atoms with Gasteiger partial charge in [0.2, 0.25) is 0 Å². The molecule has 5 heteroatoms. The van der Waals surface area contributed by atoms with Gasteiger partial charge in [0.15, 0.2) is 0 Å². The zero-order valence-corrected chi connectivity index (χ0v) is 10.2. The molecule has 1 aliphatic rings. The van der Waals surface area contributed by atoms with E-state index in [4.69, 9.17) is 5.73 Å². The van der Waals surface area contributed by atoms with Crippen molar-refractivity contribution in [1.82, 2.24) is 4.37 Å². The van der Waals surface area contributed by atoms with E-state index in [1.54, 1.807) is 12.1 Å². The zero-order valence-electron chi connectivity index (χ0n) is 9.40. The van der Waals surface area contributed by atoms with Crippen molar-refractivity contribution in [3.8, 4) is 0 Å². The second kappa shape index (κ2) is 4.23. The van der Waals surface area contributed by atoms with E-state index in [0.29, 0.717) is 6.04 Å². The third-order valence-corrected chi connectivity index (χ3v) is 4.19. The van der Waals surface area contributed by atoms with Crippen LogP contribution in [0.5, 0.6) is 0 Å². The van der Waals surface area contributed by atoms with Crippen LogP contribution >= 0.6 is 11.5 Å². The predicted molar refractivity (Wildman–Crippen MR) is 69.0 cm³/mol. The molecule has 0 atom stereocenters. The van der Waals surface area contributed by atoms with Crippen molar-refractivity contribution in [3.05, 3.63) is 24.0 Å². The van der Waals surface area contributed by atoms with E-state index < -0.39 is 0 Å². The van der Waals surface area contributed by atoms with Crippen molar-refractivity contribution in [3.63, 3.8) is 0 Å². The zero-order chi connectivity index (χ0) is 11.8. The number of fused-ring (bicyclic) bond motifs is 1. The summed E-state index contributed by atoms with van der Waals surface area (Å²) in [5, 5.41) is 2.00. The lowest BCUT2D eigenvalue weighted by atomic mass is 10.1. The predicted octanol–water partition coefficient (Wildman–Crippen LogP) is 2.36. The van der Waals surface area contributed by atoms with Crippen LogP contribution < -0.4 is 10.6 Å². The first-order chi connectivity index (χ1) is 8.24. The van der Waals surface area contributed by atoms with E-state index in [1.807, 2.05) is 0 Å². The highest BCUT2D eigenvalue weighted by molar-refractivity contribution is 7.11. The number of nitrogens with zero attached hydrogens (tertiary/aromatic N) is 2. The Hall–Kier alpha value is -1.20. The molecule has 1 fully saturated rings. The summed E-state index contributed by atoms with van der Waals surface area (Å²) in [4.78, 5) is 2.27. The van der Waals surface area contributed by atoms with Gasteiger partial charge < -0.3 is 10.6 Å². The summed E-state index contributed by atoms with van der Waals surface area (Å²) in [6.07, 6.45) is 1.99. The number of benzene rings is 1.